The maximum atomic E-state index is 12.8. The first-order chi connectivity index (χ1) is 10.0. The number of aromatic nitrogens is 2. The Morgan fingerprint density at radius 1 is 1.33 bits per heavy atom. The van der Waals surface area contributed by atoms with Crippen LogP contribution in [0.3, 0.4) is 0 Å². The summed E-state index contributed by atoms with van der Waals surface area (Å²) in [7, 11) is 0. The molecule has 1 atom stereocenters. The van der Waals surface area contributed by atoms with E-state index in [0.717, 1.165) is 12.1 Å². The summed E-state index contributed by atoms with van der Waals surface area (Å²) in [6, 6.07) is 7.51. The van der Waals surface area contributed by atoms with Crippen LogP contribution >= 0.6 is 11.6 Å². The average molecular weight is 305 g/mol. The summed E-state index contributed by atoms with van der Waals surface area (Å²) in [6.45, 7) is 4.87. The van der Waals surface area contributed by atoms with Crippen molar-refractivity contribution in [3.05, 3.63) is 40.4 Å². The van der Waals surface area contributed by atoms with Crippen molar-refractivity contribution in [2.24, 2.45) is 5.41 Å². The Morgan fingerprint density at radius 2 is 2.00 bits per heavy atom. The highest BCUT2D eigenvalue weighted by atomic mass is 35.5. The number of benzene rings is 1. The smallest absolute Gasteiger partial charge is 0.261 e. The summed E-state index contributed by atoms with van der Waals surface area (Å²) in [6.07, 6.45) is 4.83. The molecule has 2 aromatic rings. The molecule has 0 bridgehead atoms. The number of fused-ring (bicyclic) bond motifs is 1. The lowest BCUT2D eigenvalue weighted by atomic mass is 9.88. The SMILES string of the molecule is CC(Cl)c1nc2ccccc2c(=O)n1CC1(C)CCCC1. The maximum Gasteiger partial charge on any atom is 0.261 e. The minimum atomic E-state index is -0.271. The van der Waals surface area contributed by atoms with Gasteiger partial charge in [0, 0.05) is 6.54 Å². The van der Waals surface area contributed by atoms with Crippen molar-refractivity contribution in [1.82, 2.24) is 9.55 Å². The number of rotatable bonds is 3. The van der Waals surface area contributed by atoms with Gasteiger partial charge in [0.25, 0.3) is 5.56 Å². The zero-order chi connectivity index (χ0) is 15.0. The molecule has 1 fully saturated rings. The quantitative estimate of drug-likeness (QED) is 0.793. The van der Waals surface area contributed by atoms with Crippen LogP contribution in [0.4, 0.5) is 0 Å². The van der Waals surface area contributed by atoms with E-state index >= 15 is 0 Å². The summed E-state index contributed by atoms with van der Waals surface area (Å²) in [5.74, 6) is 0.688. The molecule has 3 nitrogen and oxygen atoms in total. The highest BCUT2D eigenvalue weighted by Gasteiger charge is 2.31. The van der Waals surface area contributed by atoms with Crippen molar-refractivity contribution in [2.75, 3.05) is 0 Å². The molecule has 0 N–H and O–H groups in total. The number of alkyl halides is 1. The molecule has 3 rings (SSSR count). The zero-order valence-electron chi connectivity index (χ0n) is 12.6. The topological polar surface area (TPSA) is 34.9 Å². The van der Waals surface area contributed by atoms with Crippen molar-refractivity contribution < 1.29 is 0 Å². The van der Waals surface area contributed by atoms with Crippen LogP contribution in [0.25, 0.3) is 10.9 Å². The van der Waals surface area contributed by atoms with E-state index in [4.69, 9.17) is 11.6 Å². The summed E-state index contributed by atoms with van der Waals surface area (Å²) >= 11 is 6.29. The van der Waals surface area contributed by atoms with Gasteiger partial charge in [0.2, 0.25) is 0 Å². The van der Waals surface area contributed by atoms with Crippen LogP contribution in [-0.4, -0.2) is 9.55 Å². The van der Waals surface area contributed by atoms with Crippen LogP contribution in [0.5, 0.6) is 0 Å². The molecule has 0 amide bonds. The molecule has 1 aliphatic rings. The lowest BCUT2D eigenvalue weighted by Gasteiger charge is -2.26. The first kappa shape index (κ1) is 14.6. The monoisotopic (exact) mass is 304 g/mol. The van der Waals surface area contributed by atoms with Gasteiger partial charge in [-0.25, -0.2) is 4.98 Å². The van der Waals surface area contributed by atoms with E-state index in [1.165, 1.54) is 25.7 Å². The van der Waals surface area contributed by atoms with Crippen LogP contribution in [0.1, 0.15) is 50.7 Å². The summed E-state index contributed by atoms with van der Waals surface area (Å²) < 4.78 is 1.81. The molecule has 1 aromatic heterocycles. The van der Waals surface area contributed by atoms with Gasteiger partial charge < -0.3 is 0 Å². The predicted molar refractivity (Wildman–Crippen MR) is 86.8 cm³/mol. The Hall–Kier alpha value is -1.35. The molecule has 1 aliphatic carbocycles. The molecule has 1 heterocycles. The molecular weight excluding hydrogens is 284 g/mol. The van der Waals surface area contributed by atoms with Gasteiger partial charge in [-0.1, -0.05) is 31.9 Å². The molecule has 0 aliphatic heterocycles. The molecule has 0 radical (unpaired) electrons. The lowest BCUT2D eigenvalue weighted by molar-refractivity contribution is 0.272. The van der Waals surface area contributed by atoms with Crippen molar-refractivity contribution in [1.29, 1.82) is 0 Å². The molecule has 0 spiro atoms. The van der Waals surface area contributed by atoms with Crippen LogP contribution in [0.15, 0.2) is 29.1 Å². The van der Waals surface area contributed by atoms with Crippen molar-refractivity contribution in [2.45, 2.75) is 51.5 Å². The number of halogens is 1. The van der Waals surface area contributed by atoms with Gasteiger partial charge in [-0.2, -0.15) is 0 Å². The van der Waals surface area contributed by atoms with Gasteiger partial charge >= 0.3 is 0 Å². The van der Waals surface area contributed by atoms with Crippen LogP contribution in [0, 0.1) is 5.41 Å². The van der Waals surface area contributed by atoms with E-state index in [1.807, 2.05) is 35.8 Å². The van der Waals surface area contributed by atoms with E-state index < -0.39 is 0 Å². The maximum absolute atomic E-state index is 12.8. The second kappa shape index (κ2) is 5.45. The number of nitrogens with zero attached hydrogens (tertiary/aromatic N) is 2. The molecule has 0 saturated heterocycles. The Kier molecular flexibility index (Phi) is 3.78. The molecule has 1 aromatic carbocycles. The molecule has 4 heteroatoms. The third-order valence-electron chi connectivity index (χ3n) is 4.60. The first-order valence-electron chi connectivity index (χ1n) is 7.64. The second-order valence-electron chi connectivity index (χ2n) is 6.51. The van der Waals surface area contributed by atoms with Crippen molar-refractivity contribution >= 4 is 22.5 Å². The van der Waals surface area contributed by atoms with Crippen molar-refractivity contribution in [3.8, 4) is 0 Å². The fourth-order valence-corrected chi connectivity index (χ4v) is 3.58. The molecular formula is C17H21ClN2O. The molecule has 1 unspecified atom stereocenters. The van der Waals surface area contributed by atoms with Crippen LogP contribution in [-0.2, 0) is 6.54 Å². The highest BCUT2D eigenvalue weighted by Crippen LogP contribution is 2.39. The fraction of sp³-hybridized carbons (Fsp3) is 0.529. The fourth-order valence-electron chi connectivity index (χ4n) is 3.41. The Labute approximate surface area is 130 Å². The van der Waals surface area contributed by atoms with Gasteiger partial charge in [-0.15, -0.1) is 11.6 Å². The molecule has 21 heavy (non-hydrogen) atoms. The van der Waals surface area contributed by atoms with Gasteiger partial charge in [-0.3, -0.25) is 9.36 Å². The number of hydrogen-bond donors (Lipinski definition) is 0. The first-order valence-corrected chi connectivity index (χ1v) is 8.07. The standard InChI is InChI=1S/C17H21ClN2O/c1-12(18)15-19-14-8-4-3-7-13(14)16(21)20(15)11-17(2)9-5-6-10-17/h3-4,7-8,12H,5-6,9-11H2,1-2H3. The van der Waals surface area contributed by atoms with E-state index in [-0.39, 0.29) is 16.4 Å². The largest absolute Gasteiger partial charge is 0.294 e. The highest BCUT2D eigenvalue weighted by molar-refractivity contribution is 6.20. The van der Waals surface area contributed by atoms with Crippen LogP contribution < -0.4 is 5.56 Å². The predicted octanol–water partition coefficient (Wildman–Crippen LogP) is 4.28. The second-order valence-corrected chi connectivity index (χ2v) is 7.17. The van der Waals surface area contributed by atoms with Gasteiger partial charge in [-0.05, 0) is 37.3 Å². The van der Waals surface area contributed by atoms with Gasteiger partial charge in [0.1, 0.15) is 5.82 Å². The van der Waals surface area contributed by atoms with E-state index in [9.17, 15) is 4.79 Å². The minimum absolute atomic E-state index is 0.0382. The van der Waals surface area contributed by atoms with E-state index in [0.29, 0.717) is 11.2 Å². The molecule has 1 saturated carbocycles. The van der Waals surface area contributed by atoms with E-state index in [2.05, 4.69) is 11.9 Å². The van der Waals surface area contributed by atoms with Gasteiger partial charge in [0.15, 0.2) is 0 Å². The van der Waals surface area contributed by atoms with Crippen LogP contribution in [0.2, 0.25) is 0 Å². The normalized spacial score (nSPS) is 19.0. The third-order valence-corrected chi connectivity index (χ3v) is 4.79. The van der Waals surface area contributed by atoms with Crippen molar-refractivity contribution in [3.63, 3.8) is 0 Å². The zero-order valence-corrected chi connectivity index (χ0v) is 13.4. The number of para-hydroxylation sites is 1. The average Bonchev–Trinajstić information content (AvgIpc) is 2.88. The number of hydrogen-bond acceptors (Lipinski definition) is 2. The third kappa shape index (κ3) is 2.71. The van der Waals surface area contributed by atoms with E-state index in [1.54, 1.807) is 0 Å². The minimum Gasteiger partial charge on any atom is -0.294 e. The summed E-state index contributed by atoms with van der Waals surface area (Å²) in [5, 5.41) is 0.410. The summed E-state index contributed by atoms with van der Waals surface area (Å²) in [4.78, 5) is 17.5. The molecule has 112 valence electrons. The Morgan fingerprint density at radius 3 is 2.67 bits per heavy atom. The summed E-state index contributed by atoms with van der Waals surface area (Å²) in [5.41, 5.74) is 0.961. The van der Waals surface area contributed by atoms with Gasteiger partial charge in [0.05, 0.1) is 16.3 Å². The lowest BCUT2D eigenvalue weighted by Crippen LogP contribution is -2.32. The Balaban J connectivity index is 2.17. The Bertz CT molecular complexity index is 714.